The van der Waals surface area contributed by atoms with Crippen molar-refractivity contribution >= 4 is 29.0 Å². The third kappa shape index (κ3) is 1.84. The number of hydrogen-bond donors (Lipinski definition) is 1. The number of halogens is 3. The first kappa shape index (κ1) is 11.2. The fraction of sp³-hybridized carbons (Fsp3) is 0. The smallest absolute Gasteiger partial charge is 0.142 e. The molecule has 1 aromatic heterocycles. The van der Waals surface area contributed by atoms with Crippen LogP contribution in [0, 0.1) is 5.82 Å². The Labute approximate surface area is 102 Å². The highest BCUT2D eigenvalue weighted by Gasteiger charge is 2.14. The van der Waals surface area contributed by atoms with E-state index in [0.717, 1.165) is 0 Å². The summed E-state index contributed by atoms with van der Waals surface area (Å²) in [4.78, 5) is 3.91. The summed E-state index contributed by atoms with van der Waals surface area (Å²) >= 11 is 11.8. The van der Waals surface area contributed by atoms with Crippen LogP contribution in [0.4, 0.5) is 10.2 Å². The number of aromatic nitrogens is 1. The minimum atomic E-state index is -0.538. The number of pyridine rings is 1. The lowest BCUT2D eigenvalue weighted by Crippen LogP contribution is -1.95. The molecule has 5 heteroatoms. The van der Waals surface area contributed by atoms with E-state index in [0.29, 0.717) is 16.1 Å². The highest BCUT2D eigenvalue weighted by molar-refractivity contribution is 6.39. The summed E-state index contributed by atoms with van der Waals surface area (Å²) < 4.78 is 13.3. The van der Waals surface area contributed by atoms with Crippen LogP contribution in [0.3, 0.4) is 0 Å². The maximum absolute atomic E-state index is 13.3. The van der Waals surface area contributed by atoms with Gasteiger partial charge in [0.25, 0.3) is 0 Å². The molecule has 0 spiro atoms. The first-order valence-corrected chi connectivity index (χ1v) is 5.21. The van der Waals surface area contributed by atoms with Gasteiger partial charge < -0.3 is 5.73 Å². The van der Waals surface area contributed by atoms with Crippen molar-refractivity contribution in [2.45, 2.75) is 0 Å². The molecular formula is C11H7Cl2FN2. The van der Waals surface area contributed by atoms with E-state index in [4.69, 9.17) is 28.9 Å². The molecule has 0 aliphatic carbocycles. The number of benzene rings is 1. The Hall–Kier alpha value is -1.32. The van der Waals surface area contributed by atoms with Crippen molar-refractivity contribution in [2.24, 2.45) is 0 Å². The number of hydrogen-bond acceptors (Lipinski definition) is 2. The SMILES string of the molecule is Nc1ncccc1-c1c(Cl)ccc(F)c1Cl. The summed E-state index contributed by atoms with van der Waals surface area (Å²) in [5.74, 6) is -0.277. The van der Waals surface area contributed by atoms with E-state index in [-0.39, 0.29) is 10.8 Å². The summed E-state index contributed by atoms with van der Waals surface area (Å²) in [5.41, 5.74) is 6.58. The zero-order valence-corrected chi connectivity index (χ0v) is 9.56. The van der Waals surface area contributed by atoms with Crippen LogP contribution in [0.2, 0.25) is 10.0 Å². The molecule has 0 fully saturated rings. The van der Waals surface area contributed by atoms with Gasteiger partial charge in [-0.05, 0) is 24.3 Å². The fourth-order valence-corrected chi connectivity index (χ4v) is 1.98. The minimum absolute atomic E-state index is 0.0489. The van der Waals surface area contributed by atoms with Gasteiger partial charge in [0, 0.05) is 17.3 Å². The molecule has 0 aliphatic rings. The van der Waals surface area contributed by atoms with Gasteiger partial charge in [0.1, 0.15) is 11.6 Å². The monoisotopic (exact) mass is 256 g/mol. The molecule has 0 aliphatic heterocycles. The number of anilines is 1. The Morgan fingerprint density at radius 3 is 2.62 bits per heavy atom. The third-order valence-electron chi connectivity index (χ3n) is 2.15. The van der Waals surface area contributed by atoms with Gasteiger partial charge in [-0.2, -0.15) is 0 Å². The molecular weight excluding hydrogens is 250 g/mol. The summed E-state index contributed by atoms with van der Waals surface area (Å²) in [7, 11) is 0. The average molecular weight is 257 g/mol. The largest absolute Gasteiger partial charge is 0.383 e. The van der Waals surface area contributed by atoms with Crippen LogP contribution in [0.1, 0.15) is 0 Å². The number of nitrogen functional groups attached to an aromatic ring is 1. The molecule has 0 saturated carbocycles. The minimum Gasteiger partial charge on any atom is -0.383 e. The molecule has 0 saturated heterocycles. The van der Waals surface area contributed by atoms with Gasteiger partial charge in [-0.25, -0.2) is 9.37 Å². The average Bonchev–Trinajstić information content (AvgIpc) is 2.27. The number of nitrogens with two attached hydrogens (primary N) is 1. The van der Waals surface area contributed by atoms with Crippen LogP contribution in [0.25, 0.3) is 11.1 Å². The van der Waals surface area contributed by atoms with Gasteiger partial charge in [-0.3, -0.25) is 0 Å². The first-order valence-electron chi connectivity index (χ1n) is 4.45. The van der Waals surface area contributed by atoms with E-state index in [1.807, 2.05) is 0 Å². The van der Waals surface area contributed by atoms with Crippen LogP contribution in [-0.2, 0) is 0 Å². The van der Waals surface area contributed by atoms with E-state index >= 15 is 0 Å². The standard InChI is InChI=1S/C11H7Cl2FN2/c12-7-3-4-8(14)10(13)9(7)6-2-1-5-16-11(6)15/h1-5H,(H2,15,16). The highest BCUT2D eigenvalue weighted by atomic mass is 35.5. The van der Waals surface area contributed by atoms with Crippen LogP contribution in [-0.4, -0.2) is 4.98 Å². The number of rotatable bonds is 1. The van der Waals surface area contributed by atoms with Gasteiger partial charge in [0.05, 0.1) is 10.0 Å². The number of nitrogens with zero attached hydrogens (tertiary/aromatic N) is 1. The molecule has 2 N–H and O–H groups in total. The predicted molar refractivity (Wildman–Crippen MR) is 64.1 cm³/mol. The summed E-state index contributed by atoms with van der Waals surface area (Å²) in [6, 6.07) is 6.02. The van der Waals surface area contributed by atoms with Crippen LogP contribution in [0.5, 0.6) is 0 Å². The van der Waals surface area contributed by atoms with E-state index in [1.54, 1.807) is 18.3 Å². The van der Waals surface area contributed by atoms with Crippen molar-refractivity contribution in [3.8, 4) is 11.1 Å². The van der Waals surface area contributed by atoms with Gasteiger partial charge in [0.2, 0.25) is 0 Å². The zero-order chi connectivity index (χ0) is 11.7. The maximum atomic E-state index is 13.3. The second kappa shape index (κ2) is 4.28. The second-order valence-corrected chi connectivity index (χ2v) is 3.94. The van der Waals surface area contributed by atoms with E-state index in [2.05, 4.69) is 4.98 Å². The topological polar surface area (TPSA) is 38.9 Å². The molecule has 0 amide bonds. The van der Waals surface area contributed by atoms with E-state index in [9.17, 15) is 4.39 Å². The van der Waals surface area contributed by atoms with Gasteiger partial charge in [-0.15, -0.1) is 0 Å². The highest BCUT2D eigenvalue weighted by Crippen LogP contribution is 2.38. The zero-order valence-electron chi connectivity index (χ0n) is 8.05. The van der Waals surface area contributed by atoms with E-state index < -0.39 is 5.82 Å². The lowest BCUT2D eigenvalue weighted by Gasteiger charge is -2.09. The van der Waals surface area contributed by atoms with Crippen LogP contribution in [0.15, 0.2) is 30.5 Å². The molecule has 16 heavy (non-hydrogen) atoms. The molecule has 0 atom stereocenters. The lowest BCUT2D eigenvalue weighted by molar-refractivity contribution is 0.629. The Morgan fingerprint density at radius 2 is 1.94 bits per heavy atom. The summed E-state index contributed by atoms with van der Waals surface area (Å²) in [5, 5.41) is 0.290. The Kier molecular flexibility index (Phi) is 2.99. The molecule has 1 heterocycles. The summed E-state index contributed by atoms with van der Waals surface area (Å²) in [6.45, 7) is 0. The molecule has 0 radical (unpaired) electrons. The predicted octanol–water partition coefficient (Wildman–Crippen LogP) is 3.78. The van der Waals surface area contributed by atoms with Gasteiger partial charge in [-0.1, -0.05) is 23.2 Å². The third-order valence-corrected chi connectivity index (χ3v) is 2.84. The van der Waals surface area contributed by atoms with Crippen LogP contribution < -0.4 is 5.73 Å². The Morgan fingerprint density at radius 1 is 1.19 bits per heavy atom. The molecule has 1 aromatic carbocycles. The van der Waals surface area contributed by atoms with Crippen molar-refractivity contribution in [1.82, 2.24) is 4.98 Å². The Bertz CT molecular complexity index is 544. The lowest BCUT2D eigenvalue weighted by atomic mass is 10.1. The summed E-state index contributed by atoms with van der Waals surface area (Å²) in [6.07, 6.45) is 1.54. The van der Waals surface area contributed by atoms with Gasteiger partial charge in [0.15, 0.2) is 0 Å². The molecule has 2 rings (SSSR count). The van der Waals surface area contributed by atoms with Crippen molar-refractivity contribution in [3.63, 3.8) is 0 Å². The normalized spacial score (nSPS) is 10.4. The van der Waals surface area contributed by atoms with Gasteiger partial charge >= 0.3 is 0 Å². The van der Waals surface area contributed by atoms with Crippen molar-refractivity contribution in [3.05, 3.63) is 46.3 Å². The fourth-order valence-electron chi connectivity index (χ4n) is 1.40. The van der Waals surface area contributed by atoms with Crippen LogP contribution >= 0.6 is 23.2 Å². The second-order valence-electron chi connectivity index (χ2n) is 3.15. The van der Waals surface area contributed by atoms with Crippen molar-refractivity contribution in [1.29, 1.82) is 0 Å². The first-order chi connectivity index (χ1) is 7.61. The van der Waals surface area contributed by atoms with E-state index in [1.165, 1.54) is 12.1 Å². The molecule has 0 unspecified atom stereocenters. The quantitative estimate of drug-likeness (QED) is 0.789. The van der Waals surface area contributed by atoms with Crippen molar-refractivity contribution in [2.75, 3.05) is 5.73 Å². The molecule has 82 valence electrons. The molecule has 2 aromatic rings. The molecule has 2 nitrogen and oxygen atoms in total. The maximum Gasteiger partial charge on any atom is 0.142 e. The Balaban J connectivity index is 2.74. The molecule has 0 bridgehead atoms. The van der Waals surface area contributed by atoms with Crippen molar-refractivity contribution < 1.29 is 4.39 Å².